The van der Waals surface area contributed by atoms with Crippen molar-refractivity contribution in [1.29, 1.82) is 0 Å². The molecule has 1 aromatic rings. The van der Waals surface area contributed by atoms with Gasteiger partial charge >= 0.3 is 0 Å². The number of methoxy groups -OCH3 is 2. The molecule has 0 heterocycles. The maximum Gasteiger partial charge on any atom is 0.225 e. The van der Waals surface area contributed by atoms with Gasteiger partial charge in [0.2, 0.25) is 11.8 Å². The molecule has 0 spiro atoms. The average molecular weight is 336 g/mol. The molecule has 6 heteroatoms. The molecule has 24 heavy (non-hydrogen) atoms. The zero-order valence-corrected chi connectivity index (χ0v) is 15.4. The number of carbonyl (C=O) groups is 2. The Hall–Kier alpha value is -2.24. The molecule has 1 aromatic carbocycles. The Morgan fingerprint density at radius 1 is 1.12 bits per heavy atom. The van der Waals surface area contributed by atoms with Gasteiger partial charge in [0.1, 0.15) is 0 Å². The van der Waals surface area contributed by atoms with Gasteiger partial charge in [-0.1, -0.05) is 26.8 Å². The fourth-order valence-corrected chi connectivity index (χ4v) is 2.07. The second kappa shape index (κ2) is 8.57. The van der Waals surface area contributed by atoms with E-state index in [-0.39, 0.29) is 24.3 Å². The van der Waals surface area contributed by atoms with E-state index in [0.29, 0.717) is 18.0 Å². The molecule has 6 nitrogen and oxygen atoms in total. The van der Waals surface area contributed by atoms with Crippen LogP contribution < -0.4 is 20.1 Å². The highest BCUT2D eigenvalue weighted by molar-refractivity contribution is 5.82. The van der Waals surface area contributed by atoms with Crippen molar-refractivity contribution in [3.63, 3.8) is 0 Å². The summed E-state index contributed by atoms with van der Waals surface area (Å²) in [6.45, 7) is 7.72. The Balaban J connectivity index is 2.54. The van der Waals surface area contributed by atoms with E-state index < -0.39 is 5.41 Å². The third-order valence-corrected chi connectivity index (χ3v) is 3.60. The van der Waals surface area contributed by atoms with E-state index in [1.54, 1.807) is 20.3 Å². The molecular weight excluding hydrogens is 308 g/mol. The van der Waals surface area contributed by atoms with Crippen LogP contribution in [0.25, 0.3) is 0 Å². The van der Waals surface area contributed by atoms with Crippen LogP contribution >= 0.6 is 0 Å². The summed E-state index contributed by atoms with van der Waals surface area (Å²) >= 11 is 0. The molecular formula is C18H28N2O4. The van der Waals surface area contributed by atoms with Crippen LogP contribution in [-0.2, 0) is 9.59 Å². The molecule has 0 aliphatic carbocycles. The number of amides is 2. The van der Waals surface area contributed by atoms with Gasteiger partial charge in [0.05, 0.1) is 20.3 Å². The van der Waals surface area contributed by atoms with Gasteiger partial charge in [0.15, 0.2) is 11.5 Å². The number of benzene rings is 1. The van der Waals surface area contributed by atoms with E-state index in [1.165, 1.54) is 0 Å². The molecule has 0 aromatic heterocycles. The fourth-order valence-electron chi connectivity index (χ4n) is 2.07. The predicted molar refractivity (Wildman–Crippen MR) is 93.2 cm³/mol. The first kappa shape index (κ1) is 19.8. The van der Waals surface area contributed by atoms with Crippen LogP contribution in [0.2, 0.25) is 0 Å². The number of hydrogen-bond donors (Lipinski definition) is 2. The highest BCUT2D eigenvalue weighted by Gasteiger charge is 2.20. The van der Waals surface area contributed by atoms with Gasteiger partial charge in [-0.3, -0.25) is 9.59 Å². The Morgan fingerprint density at radius 3 is 2.29 bits per heavy atom. The maximum absolute atomic E-state index is 12.0. The van der Waals surface area contributed by atoms with Crippen molar-refractivity contribution in [3.8, 4) is 11.5 Å². The predicted octanol–water partition coefficient (Wildman–Crippen LogP) is 2.43. The Kier molecular flexibility index (Phi) is 7.07. The summed E-state index contributed by atoms with van der Waals surface area (Å²) in [4.78, 5) is 23.8. The number of ether oxygens (including phenoxy) is 2. The van der Waals surface area contributed by atoms with E-state index >= 15 is 0 Å². The number of carbonyl (C=O) groups excluding carboxylic acids is 2. The van der Waals surface area contributed by atoms with Crippen molar-refractivity contribution in [1.82, 2.24) is 10.6 Å². The van der Waals surface area contributed by atoms with Crippen LogP contribution in [0.4, 0.5) is 0 Å². The van der Waals surface area contributed by atoms with Crippen LogP contribution in [-0.4, -0.2) is 32.6 Å². The van der Waals surface area contributed by atoms with Gasteiger partial charge < -0.3 is 20.1 Å². The lowest BCUT2D eigenvalue weighted by molar-refractivity contribution is -0.128. The summed E-state index contributed by atoms with van der Waals surface area (Å²) in [5.74, 6) is 1.08. The first-order valence-corrected chi connectivity index (χ1v) is 7.98. The van der Waals surface area contributed by atoms with Crippen molar-refractivity contribution in [3.05, 3.63) is 23.8 Å². The van der Waals surface area contributed by atoms with Crippen LogP contribution in [0.5, 0.6) is 11.5 Å². The van der Waals surface area contributed by atoms with E-state index in [4.69, 9.17) is 9.47 Å². The summed E-state index contributed by atoms with van der Waals surface area (Å²) < 4.78 is 10.5. The van der Waals surface area contributed by atoms with Gasteiger partial charge in [-0.15, -0.1) is 0 Å². The quantitative estimate of drug-likeness (QED) is 0.802. The third kappa shape index (κ3) is 5.76. The molecule has 0 fully saturated rings. The SMILES string of the molecule is COc1ccc(C(C)NC(=O)CCNC(=O)C(C)(C)C)cc1OC. The summed E-state index contributed by atoms with van der Waals surface area (Å²) in [5.41, 5.74) is 0.461. The minimum Gasteiger partial charge on any atom is -0.493 e. The standard InChI is InChI=1S/C18H28N2O4/c1-12(13-7-8-14(23-5)15(11-13)24-6)20-16(21)9-10-19-17(22)18(2,3)4/h7-8,11-12H,9-10H2,1-6H3,(H,19,22)(H,20,21). The third-order valence-electron chi connectivity index (χ3n) is 3.60. The molecule has 1 rings (SSSR count). The van der Waals surface area contributed by atoms with E-state index in [1.807, 2.05) is 39.8 Å². The van der Waals surface area contributed by atoms with Crippen LogP contribution in [0, 0.1) is 5.41 Å². The molecule has 2 amide bonds. The van der Waals surface area contributed by atoms with Crippen molar-refractivity contribution < 1.29 is 19.1 Å². The average Bonchev–Trinajstić information content (AvgIpc) is 2.52. The summed E-state index contributed by atoms with van der Waals surface area (Å²) in [6.07, 6.45) is 0.236. The maximum atomic E-state index is 12.0. The fraction of sp³-hybridized carbons (Fsp3) is 0.556. The summed E-state index contributed by atoms with van der Waals surface area (Å²) in [7, 11) is 3.15. The van der Waals surface area contributed by atoms with E-state index in [2.05, 4.69) is 10.6 Å². The lowest BCUT2D eigenvalue weighted by atomic mass is 9.96. The molecule has 0 aliphatic heterocycles. The summed E-state index contributed by atoms with van der Waals surface area (Å²) in [6, 6.07) is 5.36. The zero-order chi connectivity index (χ0) is 18.3. The largest absolute Gasteiger partial charge is 0.493 e. The molecule has 134 valence electrons. The van der Waals surface area contributed by atoms with Crippen molar-refractivity contribution >= 4 is 11.8 Å². The molecule has 0 saturated carbocycles. The van der Waals surface area contributed by atoms with Crippen LogP contribution in [0.1, 0.15) is 45.7 Å². The van der Waals surface area contributed by atoms with Gasteiger partial charge in [-0.25, -0.2) is 0 Å². The number of nitrogens with one attached hydrogen (secondary N) is 2. The zero-order valence-electron chi connectivity index (χ0n) is 15.4. The van der Waals surface area contributed by atoms with E-state index in [9.17, 15) is 9.59 Å². The molecule has 0 aliphatic rings. The smallest absolute Gasteiger partial charge is 0.225 e. The van der Waals surface area contributed by atoms with Crippen molar-refractivity contribution in [2.24, 2.45) is 5.41 Å². The van der Waals surface area contributed by atoms with Gasteiger partial charge in [-0.05, 0) is 24.6 Å². The monoisotopic (exact) mass is 336 g/mol. The van der Waals surface area contributed by atoms with Crippen LogP contribution in [0.3, 0.4) is 0 Å². The highest BCUT2D eigenvalue weighted by atomic mass is 16.5. The van der Waals surface area contributed by atoms with Crippen molar-refractivity contribution in [2.75, 3.05) is 20.8 Å². The lowest BCUT2D eigenvalue weighted by Gasteiger charge is -2.19. The Labute approximate surface area is 143 Å². The molecule has 0 saturated heterocycles. The topological polar surface area (TPSA) is 76.7 Å². The second-order valence-electron chi connectivity index (χ2n) is 6.66. The van der Waals surface area contributed by atoms with Gasteiger partial charge in [0, 0.05) is 18.4 Å². The second-order valence-corrected chi connectivity index (χ2v) is 6.66. The van der Waals surface area contributed by atoms with E-state index in [0.717, 1.165) is 5.56 Å². The molecule has 2 N–H and O–H groups in total. The number of rotatable bonds is 7. The van der Waals surface area contributed by atoms with Crippen molar-refractivity contribution in [2.45, 2.75) is 40.2 Å². The summed E-state index contributed by atoms with van der Waals surface area (Å²) in [5, 5.41) is 5.67. The highest BCUT2D eigenvalue weighted by Crippen LogP contribution is 2.29. The van der Waals surface area contributed by atoms with Crippen LogP contribution in [0.15, 0.2) is 18.2 Å². The first-order chi connectivity index (χ1) is 11.2. The minimum atomic E-state index is -0.455. The number of hydrogen-bond acceptors (Lipinski definition) is 4. The Bertz CT molecular complexity index is 579. The molecule has 1 unspecified atom stereocenters. The lowest BCUT2D eigenvalue weighted by Crippen LogP contribution is -2.37. The molecule has 1 atom stereocenters. The Morgan fingerprint density at radius 2 is 1.75 bits per heavy atom. The molecule has 0 radical (unpaired) electrons. The minimum absolute atomic E-state index is 0.0664. The van der Waals surface area contributed by atoms with Gasteiger partial charge in [-0.2, -0.15) is 0 Å². The van der Waals surface area contributed by atoms with Gasteiger partial charge in [0.25, 0.3) is 0 Å². The normalized spacial score (nSPS) is 12.2. The molecule has 0 bridgehead atoms. The first-order valence-electron chi connectivity index (χ1n) is 7.98.